The highest BCUT2D eigenvalue weighted by Gasteiger charge is 2.32. The Morgan fingerprint density at radius 2 is 1.47 bits per heavy atom. The molecule has 0 saturated heterocycles. The van der Waals surface area contributed by atoms with Gasteiger partial charge in [0.25, 0.3) is 5.91 Å². The highest BCUT2D eigenvalue weighted by Crippen LogP contribution is 2.20. The van der Waals surface area contributed by atoms with Crippen LogP contribution in [0.3, 0.4) is 0 Å². The van der Waals surface area contributed by atoms with Gasteiger partial charge in [0, 0.05) is 19.0 Å². The topological polar surface area (TPSA) is 58.6 Å². The van der Waals surface area contributed by atoms with E-state index in [4.69, 9.17) is 4.74 Å². The summed E-state index contributed by atoms with van der Waals surface area (Å²) < 4.78 is 5.88. The van der Waals surface area contributed by atoms with Gasteiger partial charge >= 0.3 is 0 Å². The fourth-order valence-electron chi connectivity index (χ4n) is 4.75. The minimum atomic E-state index is -0.633. The van der Waals surface area contributed by atoms with Gasteiger partial charge in [-0.05, 0) is 48.1 Å². The van der Waals surface area contributed by atoms with Gasteiger partial charge in [-0.2, -0.15) is 0 Å². The van der Waals surface area contributed by atoms with Crippen molar-refractivity contribution in [3.05, 3.63) is 102 Å². The van der Waals surface area contributed by atoms with Crippen LogP contribution >= 0.6 is 0 Å². The monoisotopic (exact) mass is 484 g/mol. The van der Waals surface area contributed by atoms with Crippen molar-refractivity contribution in [2.75, 3.05) is 6.61 Å². The fraction of sp³-hybridized carbons (Fsp3) is 0.355. The van der Waals surface area contributed by atoms with Crippen molar-refractivity contribution in [1.82, 2.24) is 10.2 Å². The van der Waals surface area contributed by atoms with Crippen LogP contribution in [-0.4, -0.2) is 35.4 Å². The van der Waals surface area contributed by atoms with E-state index in [9.17, 15) is 9.59 Å². The van der Waals surface area contributed by atoms with Crippen LogP contribution < -0.4 is 10.1 Å². The molecule has 1 atom stereocenters. The summed E-state index contributed by atoms with van der Waals surface area (Å²) in [4.78, 5) is 29.0. The first-order valence-corrected chi connectivity index (χ1v) is 13.0. The maximum absolute atomic E-state index is 13.6. The van der Waals surface area contributed by atoms with Gasteiger partial charge in [0.15, 0.2) is 6.61 Å². The smallest absolute Gasteiger partial charge is 0.261 e. The predicted molar refractivity (Wildman–Crippen MR) is 143 cm³/mol. The summed E-state index contributed by atoms with van der Waals surface area (Å²) in [5, 5.41) is 3.23. The lowest BCUT2D eigenvalue weighted by Crippen LogP contribution is -2.53. The minimum Gasteiger partial charge on any atom is -0.484 e. The standard InChI is InChI=1S/C31H36N2O3/c1-2-24-17-19-28(20-18-24)36-23-30(34)33(22-26-13-7-4-8-14-26)29(21-25-11-5-3-6-12-25)31(35)32-27-15-9-10-16-27/h3-8,11-14,17-20,27,29H,2,9-10,15-16,21-23H2,1H3,(H,32,35)/t29-/m0/s1. The Kier molecular flexibility index (Phi) is 9.15. The lowest BCUT2D eigenvalue weighted by Gasteiger charge is -2.32. The van der Waals surface area contributed by atoms with Crippen molar-refractivity contribution in [3.8, 4) is 5.75 Å². The van der Waals surface area contributed by atoms with E-state index in [1.54, 1.807) is 4.90 Å². The second kappa shape index (κ2) is 12.9. The maximum atomic E-state index is 13.6. The number of hydrogen-bond donors (Lipinski definition) is 1. The zero-order chi connectivity index (χ0) is 25.2. The molecule has 0 aromatic heterocycles. The van der Waals surface area contributed by atoms with Gasteiger partial charge in [0.1, 0.15) is 11.8 Å². The number of rotatable bonds is 11. The van der Waals surface area contributed by atoms with Gasteiger partial charge < -0.3 is 15.0 Å². The molecule has 0 spiro atoms. The van der Waals surface area contributed by atoms with Crippen LogP contribution in [0.25, 0.3) is 0 Å². The Morgan fingerprint density at radius 1 is 0.861 bits per heavy atom. The summed E-state index contributed by atoms with van der Waals surface area (Å²) in [5.41, 5.74) is 3.21. The second-order valence-electron chi connectivity index (χ2n) is 9.49. The molecule has 1 aliphatic rings. The Bertz CT molecular complexity index is 1090. The lowest BCUT2D eigenvalue weighted by molar-refractivity contribution is -0.143. The van der Waals surface area contributed by atoms with Gasteiger partial charge in [-0.3, -0.25) is 9.59 Å². The van der Waals surface area contributed by atoms with E-state index >= 15 is 0 Å². The molecule has 5 nitrogen and oxygen atoms in total. The van der Waals surface area contributed by atoms with Crippen molar-refractivity contribution < 1.29 is 14.3 Å². The van der Waals surface area contributed by atoms with E-state index in [1.807, 2.05) is 84.9 Å². The quantitative estimate of drug-likeness (QED) is 0.400. The maximum Gasteiger partial charge on any atom is 0.261 e. The first-order chi connectivity index (χ1) is 17.6. The zero-order valence-electron chi connectivity index (χ0n) is 21.1. The molecule has 1 aliphatic carbocycles. The summed E-state index contributed by atoms with van der Waals surface area (Å²) in [6, 6.07) is 27.1. The number of benzene rings is 3. The van der Waals surface area contributed by atoms with Crippen LogP contribution in [0.2, 0.25) is 0 Å². The predicted octanol–water partition coefficient (Wildman–Crippen LogP) is 5.33. The normalized spacial score (nSPS) is 14.2. The summed E-state index contributed by atoms with van der Waals surface area (Å²) in [5.74, 6) is 0.346. The number of carbonyl (C=O) groups excluding carboxylic acids is 2. The summed E-state index contributed by atoms with van der Waals surface area (Å²) in [7, 11) is 0. The zero-order valence-corrected chi connectivity index (χ0v) is 21.1. The largest absolute Gasteiger partial charge is 0.484 e. The minimum absolute atomic E-state index is 0.0951. The van der Waals surface area contributed by atoms with Gasteiger partial charge in [0.05, 0.1) is 0 Å². The number of hydrogen-bond acceptors (Lipinski definition) is 3. The molecule has 1 N–H and O–H groups in total. The number of carbonyl (C=O) groups is 2. The summed E-state index contributed by atoms with van der Waals surface area (Å²) >= 11 is 0. The van der Waals surface area contributed by atoms with Crippen LogP contribution in [0.5, 0.6) is 5.75 Å². The molecule has 0 radical (unpaired) electrons. The molecule has 3 aromatic rings. The molecule has 5 heteroatoms. The molecule has 0 unspecified atom stereocenters. The molecule has 0 heterocycles. The van der Waals surface area contributed by atoms with Crippen LogP contribution in [0, 0.1) is 0 Å². The van der Waals surface area contributed by atoms with Crippen molar-refractivity contribution in [2.45, 2.75) is 64.1 Å². The van der Waals surface area contributed by atoms with Crippen LogP contribution in [0.1, 0.15) is 49.3 Å². The Balaban J connectivity index is 1.57. The van der Waals surface area contributed by atoms with Crippen molar-refractivity contribution in [2.24, 2.45) is 0 Å². The van der Waals surface area contributed by atoms with Crippen molar-refractivity contribution in [3.63, 3.8) is 0 Å². The van der Waals surface area contributed by atoms with Crippen molar-refractivity contribution in [1.29, 1.82) is 0 Å². The van der Waals surface area contributed by atoms with E-state index in [0.29, 0.717) is 18.7 Å². The first kappa shape index (κ1) is 25.5. The van der Waals surface area contributed by atoms with Crippen LogP contribution in [0.15, 0.2) is 84.9 Å². The van der Waals surface area contributed by atoms with E-state index in [2.05, 4.69) is 12.2 Å². The lowest BCUT2D eigenvalue weighted by atomic mass is 10.0. The first-order valence-electron chi connectivity index (χ1n) is 13.0. The molecule has 1 fully saturated rings. The third kappa shape index (κ3) is 7.20. The fourth-order valence-corrected chi connectivity index (χ4v) is 4.75. The summed E-state index contributed by atoms with van der Waals surface area (Å²) in [6.45, 7) is 2.32. The van der Waals surface area contributed by atoms with Crippen LogP contribution in [-0.2, 0) is 29.0 Å². The highest BCUT2D eigenvalue weighted by atomic mass is 16.5. The molecule has 1 saturated carbocycles. The number of ether oxygens (including phenoxy) is 1. The molecule has 0 aliphatic heterocycles. The number of nitrogens with zero attached hydrogens (tertiary/aromatic N) is 1. The van der Waals surface area contributed by atoms with Gasteiger partial charge in [0.2, 0.25) is 5.91 Å². The SMILES string of the molecule is CCc1ccc(OCC(=O)N(Cc2ccccc2)[C@@H](Cc2ccccc2)C(=O)NC2CCCC2)cc1. The van der Waals surface area contributed by atoms with E-state index in [0.717, 1.165) is 43.2 Å². The third-order valence-corrected chi connectivity index (χ3v) is 6.86. The molecule has 0 bridgehead atoms. The Morgan fingerprint density at radius 3 is 2.08 bits per heavy atom. The van der Waals surface area contributed by atoms with Crippen molar-refractivity contribution >= 4 is 11.8 Å². The molecule has 3 aromatic carbocycles. The average molecular weight is 485 g/mol. The molecule has 4 rings (SSSR count). The van der Waals surface area contributed by atoms with Crippen LogP contribution in [0.4, 0.5) is 0 Å². The number of amides is 2. The molecular weight excluding hydrogens is 448 g/mol. The Labute approximate surface area is 214 Å². The number of nitrogens with one attached hydrogen (secondary N) is 1. The third-order valence-electron chi connectivity index (χ3n) is 6.86. The van der Waals surface area contributed by atoms with E-state index in [1.165, 1.54) is 5.56 Å². The average Bonchev–Trinajstić information content (AvgIpc) is 3.43. The van der Waals surface area contributed by atoms with Gasteiger partial charge in [-0.15, -0.1) is 0 Å². The Hall–Kier alpha value is -3.60. The molecule has 36 heavy (non-hydrogen) atoms. The number of aryl methyl sites for hydroxylation is 1. The second-order valence-corrected chi connectivity index (χ2v) is 9.49. The van der Waals surface area contributed by atoms with E-state index < -0.39 is 6.04 Å². The molecular formula is C31H36N2O3. The molecule has 2 amide bonds. The summed E-state index contributed by atoms with van der Waals surface area (Å²) in [6.07, 6.45) is 5.64. The van der Waals surface area contributed by atoms with E-state index in [-0.39, 0.29) is 24.5 Å². The van der Waals surface area contributed by atoms with Gasteiger partial charge in [-0.1, -0.05) is 92.6 Å². The molecule has 188 valence electrons. The van der Waals surface area contributed by atoms with Gasteiger partial charge in [-0.25, -0.2) is 0 Å². The highest BCUT2D eigenvalue weighted by molar-refractivity contribution is 5.88.